The van der Waals surface area contributed by atoms with Gasteiger partial charge in [-0.25, -0.2) is 0 Å². The number of benzene rings is 1. The van der Waals surface area contributed by atoms with Gasteiger partial charge in [-0.1, -0.05) is 26.0 Å². The molecule has 0 spiro atoms. The van der Waals surface area contributed by atoms with Gasteiger partial charge in [-0.15, -0.1) is 11.8 Å². The molecular weight excluding hydrogens is 378 g/mol. The Bertz CT molecular complexity index is 738. The largest absolute Gasteiger partial charge is 0.493 e. The highest BCUT2D eigenvalue weighted by molar-refractivity contribution is 8.04. The van der Waals surface area contributed by atoms with E-state index in [0.29, 0.717) is 40.9 Å². The van der Waals surface area contributed by atoms with Crippen LogP contribution in [0.3, 0.4) is 0 Å². The van der Waals surface area contributed by atoms with Gasteiger partial charge in [0.1, 0.15) is 5.75 Å². The summed E-state index contributed by atoms with van der Waals surface area (Å²) in [6.45, 7) is 5.67. The van der Waals surface area contributed by atoms with Crippen LogP contribution in [0.2, 0.25) is 0 Å². The lowest BCUT2D eigenvalue weighted by molar-refractivity contribution is -0.138. The lowest BCUT2D eigenvalue weighted by atomic mass is 10.1. The Labute approximate surface area is 169 Å². The van der Waals surface area contributed by atoms with Crippen molar-refractivity contribution < 1.29 is 24.2 Å². The van der Waals surface area contributed by atoms with E-state index >= 15 is 0 Å². The number of amides is 2. The van der Waals surface area contributed by atoms with Crippen LogP contribution in [-0.2, 0) is 14.3 Å². The number of ether oxygens (including phenoxy) is 2. The maximum absolute atomic E-state index is 13.1. The molecule has 2 aliphatic heterocycles. The SMILES string of the molecule is CC(C)COc1ccc(C2=C(SCCO)C(=O)N(CC3CCCO3)C2=O)cc1. The van der Waals surface area contributed by atoms with E-state index in [1.165, 1.54) is 16.7 Å². The minimum atomic E-state index is -0.297. The molecular formula is C21H27NO5S. The van der Waals surface area contributed by atoms with Gasteiger partial charge in [-0.05, 0) is 36.5 Å². The summed E-state index contributed by atoms with van der Waals surface area (Å²) in [6, 6.07) is 7.26. The number of aliphatic hydroxyl groups is 1. The number of thioether (sulfide) groups is 1. The Balaban J connectivity index is 1.82. The van der Waals surface area contributed by atoms with Crippen LogP contribution < -0.4 is 4.74 Å². The molecule has 1 atom stereocenters. The molecule has 0 bridgehead atoms. The molecule has 152 valence electrons. The lowest BCUT2D eigenvalue weighted by Crippen LogP contribution is -2.37. The van der Waals surface area contributed by atoms with Crippen LogP contribution in [0.25, 0.3) is 5.57 Å². The Hall–Kier alpha value is -1.83. The maximum atomic E-state index is 13.1. The van der Waals surface area contributed by atoms with E-state index in [1.807, 2.05) is 24.3 Å². The average Bonchev–Trinajstić information content (AvgIpc) is 3.27. The molecule has 0 aromatic heterocycles. The molecule has 1 aromatic rings. The molecule has 3 rings (SSSR count). The summed E-state index contributed by atoms with van der Waals surface area (Å²) in [5, 5.41) is 9.18. The molecule has 2 amide bonds. The van der Waals surface area contributed by atoms with Gasteiger partial charge in [-0.2, -0.15) is 0 Å². The first kappa shape index (κ1) is 20.9. The van der Waals surface area contributed by atoms with Crippen molar-refractivity contribution in [3.05, 3.63) is 34.7 Å². The number of carbonyl (C=O) groups is 2. The summed E-state index contributed by atoms with van der Waals surface area (Å²) in [5.74, 6) is 0.923. The van der Waals surface area contributed by atoms with E-state index in [2.05, 4.69) is 13.8 Å². The normalized spacial score (nSPS) is 20.0. The highest BCUT2D eigenvalue weighted by Crippen LogP contribution is 2.37. The topological polar surface area (TPSA) is 76.1 Å². The van der Waals surface area contributed by atoms with Crippen molar-refractivity contribution in [2.45, 2.75) is 32.8 Å². The fraction of sp³-hybridized carbons (Fsp3) is 0.524. The first-order valence-electron chi connectivity index (χ1n) is 9.70. The zero-order valence-corrected chi connectivity index (χ0v) is 17.2. The van der Waals surface area contributed by atoms with Crippen LogP contribution in [0.1, 0.15) is 32.3 Å². The van der Waals surface area contributed by atoms with E-state index < -0.39 is 0 Å². The zero-order chi connectivity index (χ0) is 20.1. The quantitative estimate of drug-likeness (QED) is 0.637. The van der Waals surface area contributed by atoms with Gasteiger partial charge in [0.25, 0.3) is 11.8 Å². The van der Waals surface area contributed by atoms with E-state index in [-0.39, 0.29) is 31.1 Å². The van der Waals surface area contributed by atoms with E-state index in [1.54, 1.807) is 0 Å². The van der Waals surface area contributed by atoms with Gasteiger partial charge in [-0.3, -0.25) is 14.5 Å². The Kier molecular flexibility index (Phi) is 7.15. The Morgan fingerprint density at radius 2 is 2.00 bits per heavy atom. The number of hydrogen-bond acceptors (Lipinski definition) is 6. The van der Waals surface area contributed by atoms with Crippen molar-refractivity contribution in [3.8, 4) is 5.75 Å². The van der Waals surface area contributed by atoms with Gasteiger partial charge >= 0.3 is 0 Å². The fourth-order valence-electron chi connectivity index (χ4n) is 3.23. The zero-order valence-electron chi connectivity index (χ0n) is 16.3. The summed E-state index contributed by atoms with van der Waals surface area (Å²) in [6.07, 6.45) is 1.71. The third-order valence-corrected chi connectivity index (χ3v) is 5.65. The summed E-state index contributed by atoms with van der Waals surface area (Å²) in [4.78, 5) is 27.6. The number of hydrogen-bond donors (Lipinski definition) is 1. The first-order chi connectivity index (χ1) is 13.5. The van der Waals surface area contributed by atoms with E-state index in [4.69, 9.17) is 9.47 Å². The Morgan fingerprint density at radius 3 is 2.61 bits per heavy atom. The van der Waals surface area contributed by atoms with Gasteiger partial charge < -0.3 is 14.6 Å². The van der Waals surface area contributed by atoms with Crippen molar-refractivity contribution in [2.24, 2.45) is 5.92 Å². The second-order valence-electron chi connectivity index (χ2n) is 7.36. The number of aliphatic hydroxyl groups excluding tert-OH is 1. The summed E-state index contributed by atoms with van der Waals surface area (Å²) in [7, 11) is 0. The number of carbonyl (C=O) groups excluding carboxylic acids is 2. The monoisotopic (exact) mass is 405 g/mol. The van der Waals surface area contributed by atoms with Crippen LogP contribution >= 0.6 is 11.8 Å². The predicted molar refractivity (Wildman–Crippen MR) is 109 cm³/mol. The van der Waals surface area contributed by atoms with Crippen molar-refractivity contribution in [3.63, 3.8) is 0 Å². The van der Waals surface area contributed by atoms with Crippen molar-refractivity contribution in [1.82, 2.24) is 4.90 Å². The van der Waals surface area contributed by atoms with Gasteiger partial charge in [0.05, 0.1) is 36.3 Å². The third kappa shape index (κ3) is 4.77. The smallest absolute Gasteiger partial charge is 0.268 e. The van der Waals surface area contributed by atoms with Crippen molar-refractivity contribution >= 4 is 29.1 Å². The summed E-state index contributed by atoms with van der Waals surface area (Å²) < 4.78 is 11.3. The van der Waals surface area contributed by atoms with Crippen molar-refractivity contribution in [1.29, 1.82) is 0 Å². The molecule has 0 aliphatic carbocycles. The van der Waals surface area contributed by atoms with Crippen molar-refractivity contribution in [2.75, 3.05) is 32.1 Å². The molecule has 1 N–H and O–H groups in total. The first-order valence-corrected chi connectivity index (χ1v) is 10.7. The second kappa shape index (κ2) is 9.58. The lowest BCUT2D eigenvalue weighted by Gasteiger charge is -2.19. The number of rotatable bonds is 9. The predicted octanol–water partition coefficient (Wildman–Crippen LogP) is 2.71. The molecule has 2 heterocycles. The standard InChI is InChI=1S/C21H27NO5S/c1-14(2)13-27-16-7-5-15(6-8-16)18-19(28-11-9-23)21(25)22(20(18)24)12-17-4-3-10-26-17/h5-8,14,17,23H,3-4,9-13H2,1-2H3. The molecule has 1 unspecified atom stereocenters. The minimum absolute atomic E-state index is 0.0589. The fourth-order valence-corrected chi connectivity index (χ4v) is 4.11. The Morgan fingerprint density at radius 1 is 1.25 bits per heavy atom. The second-order valence-corrected chi connectivity index (χ2v) is 8.47. The van der Waals surface area contributed by atoms with Crippen LogP contribution in [0.15, 0.2) is 29.2 Å². The molecule has 0 radical (unpaired) electrons. The van der Waals surface area contributed by atoms with E-state index in [9.17, 15) is 14.7 Å². The molecule has 6 nitrogen and oxygen atoms in total. The van der Waals surface area contributed by atoms with Crippen LogP contribution in [0, 0.1) is 5.92 Å². The third-order valence-electron chi connectivity index (χ3n) is 4.60. The maximum Gasteiger partial charge on any atom is 0.268 e. The molecule has 0 saturated carbocycles. The highest BCUT2D eigenvalue weighted by atomic mass is 32.2. The molecule has 7 heteroatoms. The van der Waals surface area contributed by atoms with Gasteiger partial charge in [0.15, 0.2) is 0 Å². The summed E-state index contributed by atoms with van der Waals surface area (Å²) >= 11 is 1.22. The van der Waals surface area contributed by atoms with Gasteiger partial charge in [0, 0.05) is 12.4 Å². The molecule has 1 fully saturated rings. The highest BCUT2D eigenvalue weighted by Gasteiger charge is 2.40. The number of nitrogens with zero attached hydrogens (tertiary/aromatic N) is 1. The molecule has 28 heavy (non-hydrogen) atoms. The molecule has 2 aliphatic rings. The van der Waals surface area contributed by atoms with Crippen LogP contribution in [-0.4, -0.2) is 60.0 Å². The average molecular weight is 406 g/mol. The van der Waals surface area contributed by atoms with Gasteiger partial charge in [0.2, 0.25) is 0 Å². The minimum Gasteiger partial charge on any atom is -0.493 e. The van der Waals surface area contributed by atoms with E-state index in [0.717, 1.165) is 18.6 Å². The van der Waals surface area contributed by atoms with Crippen LogP contribution in [0.4, 0.5) is 0 Å². The summed E-state index contributed by atoms with van der Waals surface area (Å²) in [5.41, 5.74) is 1.09. The molecule has 1 saturated heterocycles. The molecule has 1 aromatic carbocycles. The van der Waals surface area contributed by atoms with Crippen LogP contribution in [0.5, 0.6) is 5.75 Å². The number of imide groups is 1.